The summed E-state index contributed by atoms with van der Waals surface area (Å²) in [6.07, 6.45) is 0.379. The fraction of sp³-hybridized carbons (Fsp3) is 0.857. The molecule has 7 heteroatoms. The minimum absolute atomic E-state index is 0.147. The first kappa shape index (κ1) is 16.4. The zero-order chi connectivity index (χ0) is 15.1. The molecule has 1 aromatic rings. The summed E-state index contributed by atoms with van der Waals surface area (Å²) < 4.78 is 21.9. The second kappa shape index (κ2) is 8.43. The Morgan fingerprint density at radius 1 is 1.29 bits per heavy atom. The van der Waals surface area contributed by atoms with E-state index in [9.17, 15) is 0 Å². The number of morpholine rings is 1. The Balaban J connectivity index is 2.00. The molecule has 1 aromatic heterocycles. The van der Waals surface area contributed by atoms with E-state index in [1.807, 2.05) is 13.8 Å². The average molecular weight is 299 g/mol. The summed E-state index contributed by atoms with van der Waals surface area (Å²) >= 11 is 0. The molecule has 1 aliphatic heterocycles. The zero-order valence-corrected chi connectivity index (χ0v) is 13.1. The normalized spacial score (nSPS) is 20.3. The zero-order valence-electron chi connectivity index (χ0n) is 13.1. The van der Waals surface area contributed by atoms with Crippen molar-refractivity contribution in [3.05, 3.63) is 11.7 Å². The number of nitrogens with zero attached hydrogens (tertiary/aromatic N) is 3. The molecule has 1 saturated heterocycles. The van der Waals surface area contributed by atoms with Crippen molar-refractivity contribution in [2.24, 2.45) is 0 Å². The monoisotopic (exact) mass is 299 g/mol. The standard InChI is InChI=1S/C14H25N3O4/c1-4-7-17-8-9-20-11(10-17)12-15-13(21-16-12)14(18-5-2)19-6-3/h11,14H,4-10H2,1-3H3. The quantitative estimate of drug-likeness (QED) is 0.679. The molecule has 0 radical (unpaired) electrons. The Morgan fingerprint density at radius 3 is 2.71 bits per heavy atom. The number of hydrogen-bond donors (Lipinski definition) is 0. The van der Waals surface area contributed by atoms with Gasteiger partial charge in [-0.15, -0.1) is 0 Å². The summed E-state index contributed by atoms with van der Waals surface area (Å²) in [7, 11) is 0. The van der Waals surface area contributed by atoms with Gasteiger partial charge in [0.2, 0.25) is 12.1 Å². The van der Waals surface area contributed by atoms with Crippen molar-refractivity contribution in [2.75, 3.05) is 39.5 Å². The van der Waals surface area contributed by atoms with Crippen LogP contribution in [0.4, 0.5) is 0 Å². The highest BCUT2D eigenvalue weighted by atomic mass is 16.7. The molecular formula is C14H25N3O4. The predicted octanol–water partition coefficient (Wildman–Crippen LogP) is 1.92. The number of hydrogen-bond acceptors (Lipinski definition) is 7. The topological polar surface area (TPSA) is 69.9 Å². The minimum atomic E-state index is -0.600. The molecule has 0 N–H and O–H groups in total. The third-order valence-corrected chi connectivity index (χ3v) is 3.27. The van der Waals surface area contributed by atoms with Gasteiger partial charge in [0.05, 0.1) is 6.61 Å². The Kier molecular flexibility index (Phi) is 6.56. The van der Waals surface area contributed by atoms with E-state index in [0.717, 1.165) is 26.1 Å². The van der Waals surface area contributed by atoms with Crippen molar-refractivity contribution in [1.82, 2.24) is 15.0 Å². The first-order valence-electron chi connectivity index (χ1n) is 7.69. The smallest absolute Gasteiger partial charge is 0.283 e. The highest BCUT2D eigenvalue weighted by Gasteiger charge is 2.28. The van der Waals surface area contributed by atoms with Crippen LogP contribution in [0.25, 0.3) is 0 Å². The van der Waals surface area contributed by atoms with Crippen molar-refractivity contribution < 1.29 is 18.7 Å². The Labute approximate surface area is 125 Å². The summed E-state index contributed by atoms with van der Waals surface area (Å²) in [6.45, 7) is 10.5. The van der Waals surface area contributed by atoms with Crippen LogP contribution in [0.1, 0.15) is 51.3 Å². The van der Waals surface area contributed by atoms with Crippen LogP contribution >= 0.6 is 0 Å². The van der Waals surface area contributed by atoms with Gasteiger partial charge in [-0.3, -0.25) is 4.90 Å². The van der Waals surface area contributed by atoms with Crippen molar-refractivity contribution in [2.45, 2.75) is 39.6 Å². The van der Waals surface area contributed by atoms with Crippen LogP contribution in [0.2, 0.25) is 0 Å². The van der Waals surface area contributed by atoms with Gasteiger partial charge in [-0.05, 0) is 26.8 Å². The van der Waals surface area contributed by atoms with E-state index in [-0.39, 0.29) is 6.10 Å². The lowest BCUT2D eigenvalue weighted by Crippen LogP contribution is -2.39. The van der Waals surface area contributed by atoms with E-state index < -0.39 is 6.29 Å². The van der Waals surface area contributed by atoms with Gasteiger partial charge in [-0.1, -0.05) is 12.1 Å². The lowest BCUT2D eigenvalue weighted by atomic mass is 10.2. The highest BCUT2D eigenvalue weighted by Crippen LogP contribution is 2.23. The lowest BCUT2D eigenvalue weighted by molar-refractivity contribution is -0.155. The van der Waals surface area contributed by atoms with Crippen molar-refractivity contribution in [3.8, 4) is 0 Å². The van der Waals surface area contributed by atoms with E-state index in [1.54, 1.807) is 0 Å². The van der Waals surface area contributed by atoms with Gasteiger partial charge in [-0.25, -0.2) is 0 Å². The molecule has 0 aromatic carbocycles. The summed E-state index contributed by atoms with van der Waals surface area (Å²) in [4.78, 5) is 6.74. The van der Waals surface area contributed by atoms with Crippen LogP contribution < -0.4 is 0 Å². The average Bonchev–Trinajstić information content (AvgIpc) is 2.97. The molecule has 1 unspecified atom stereocenters. The molecule has 0 amide bonds. The Hall–Kier alpha value is -1.02. The lowest BCUT2D eigenvalue weighted by Gasteiger charge is -2.30. The van der Waals surface area contributed by atoms with Gasteiger partial charge < -0.3 is 18.7 Å². The molecule has 7 nitrogen and oxygen atoms in total. The molecule has 2 heterocycles. The van der Waals surface area contributed by atoms with Crippen molar-refractivity contribution in [1.29, 1.82) is 0 Å². The van der Waals surface area contributed by atoms with Crippen LogP contribution in [0, 0.1) is 0 Å². The summed E-state index contributed by atoms with van der Waals surface area (Å²) in [6, 6.07) is 0. The molecule has 2 rings (SSSR count). The maximum absolute atomic E-state index is 5.75. The van der Waals surface area contributed by atoms with Gasteiger partial charge in [0.25, 0.3) is 5.89 Å². The maximum Gasteiger partial charge on any atom is 0.283 e. The molecule has 21 heavy (non-hydrogen) atoms. The minimum Gasteiger partial charge on any atom is -0.367 e. The molecule has 120 valence electrons. The second-order valence-corrected chi connectivity index (χ2v) is 4.89. The molecular weight excluding hydrogens is 274 g/mol. The van der Waals surface area contributed by atoms with Gasteiger partial charge in [0, 0.05) is 26.3 Å². The van der Waals surface area contributed by atoms with E-state index >= 15 is 0 Å². The molecule has 0 spiro atoms. The Bertz CT molecular complexity index is 405. The Morgan fingerprint density at radius 2 is 2.05 bits per heavy atom. The molecule has 1 fully saturated rings. The van der Waals surface area contributed by atoms with E-state index in [1.165, 1.54) is 0 Å². The third-order valence-electron chi connectivity index (χ3n) is 3.27. The predicted molar refractivity (Wildman–Crippen MR) is 75.7 cm³/mol. The molecule has 1 aliphatic rings. The summed E-state index contributed by atoms with van der Waals surface area (Å²) in [5.74, 6) is 0.917. The van der Waals surface area contributed by atoms with E-state index in [2.05, 4.69) is 22.0 Å². The number of aromatic nitrogens is 2. The number of rotatable bonds is 8. The summed E-state index contributed by atoms with van der Waals surface area (Å²) in [5.41, 5.74) is 0. The van der Waals surface area contributed by atoms with Crippen molar-refractivity contribution >= 4 is 0 Å². The SMILES string of the molecule is CCCN1CCOC(c2noc(C(OCC)OCC)n2)C1. The fourth-order valence-corrected chi connectivity index (χ4v) is 2.35. The maximum atomic E-state index is 5.75. The van der Waals surface area contributed by atoms with E-state index in [0.29, 0.717) is 31.5 Å². The first-order chi connectivity index (χ1) is 10.3. The van der Waals surface area contributed by atoms with Gasteiger partial charge in [-0.2, -0.15) is 4.98 Å². The van der Waals surface area contributed by atoms with Gasteiger partial charge in [0.1, 0.15) is 6.10 Å². The molecule has 0 saturated carbocycles. The van der Waals surface area contributed by atoms with Crippen LogP contribution in [0.5, 0.6) is 0 Å². The van der Waals surface area contributed by atoms with E-state index in [4.69, 9.17) is 18.7 Å². The first-order valence-corrected chi connectivity index (χ1v) is 7.69. The van der Waals surface area contributed by atoms with Crippen molar-refractivity contribution in [3.63, 3.8) is 0 Å². The molecule has 0 aliphatic carbocycles. The van der Waals surface area contributed by atoms with Crippen LogP contribution in [-0.2, 0) is 14.2 Å². The number of ether oxygens (including phenoxy) is 3. The highest BCUT2D eigenvalue weighted by molar-refractivity contribution is 4.95. The van der Waals surface area contributed by atoms with Gasteiger partial charge in [0.15, 0.2) is 0 Å². The fourth-order valence-electron chi connectivity index (χ4n) is 2.35. The molecule has 0 bridgehead atoms. The molecule has 1 atom stereocenters. The summed E-state index contributed by atoms with van der Waals surface area (Å²) in [5, 5.41) is 4.02. The largest absolute Gasteiger partial charge is 0.367 e. The third kappa shape index (κ3) is 4.47. The van der Waals surface area contributed by atoms with Crippen LogP contribution in [0.15, 0.2) is 4.52 Å². The van der Waals surface area contributed by atoms with Gasteiger partial charge >= 0.3 is 0 Å². The van der Waals surface area contributed by atoms with Crippen LogP contribution in [-0.4, -0.2) is 54.5 Å². The second-order valence-electron chi connectivity index (χ2n) is 4.89. The van der Waals surface area contributed by atoms with Crippen LogP contribution in [0.3, 0.4) is 0 Å².